The zero-order valence-electron chi connectivity index (χ0n) is 11.0. The van der Waals surface area contributed by atoms with E-state index in [0.29, 0.717) is 16.8 Å². The van der Waals surface area contributed by atoms with Gasteiger partial charge in [0.1, 0.15) is 4.83 Å². The Hall–Kier alpha value is -1.57. The molecule has 0 aliphatic rings. The Morgan fingerprint density at radius 2 is 2.15 bits per heavy atom. The lowest BCUT2D eigenvalue weighted by Gasteiger charge is -2.17. The van der Waals surface area contributed by atoms with E-state index >= 15 is 0 Å². The summed E-state index contributed by atoms with van der Waals surface area (Å²) >= 11 is 1.33. The Bertz CT molecular complexity index is 585. The monoisotopic (exact) mass is 305 g/mol. The van der Waals surface area contributed by atoms with E-state index in [2.05, 4.69) is 15.3 Å². The molecule has 0 aliphatic carbocycles. The number of thiophene rings is 1. The Balaban J connectivity index is 2.32. The van der Waals surface area contributed by atoms with Crippen molar-refractivity contribution in [2.45, 2.75) is 32.5 Å². The van der Waals surface area contributed by atoms with Gasteiger partial charge in [-0.2, -0.15) is 18.2 Å². The molecule has 0 spiro atoms. The summed E-state index contributed by atoms with van der Waals surface area (Å²) in [7, 11) is 0. The van der Waals surface area contributed by atoms with Crippen LogP contribution in [0.15, 0.2) is 11.4 Å². The van der Waals surface area contributed by atoms with Crippen molar-refractivity contribution >= 4 is 27.5 Å². The molecule has 2 heterocycles. The van der Waals surface area contributed by atoms with Crippen LogP contribution in [-0.4, -0.2) is 28.8 Å². The SMILES string of the molecule is CCCNc1nc(OC(C)C(F)(F)F)c2ccsc2n1. The molecule has 110 valence electrons. The maximum Gasteiger partial charge on any atom is 0.425 e. The lowest BCUT2D eigenvalue weighted by molar-refractivity contribution is -0.189. The number of rotatable bonds is 5. The van der Waals surface area contributed by atoms with Crippen LogP contribution in [0.25, 0.3) is 10.2 Å². The average molecular weight is 305 g/mol. The fraction of sp³-hybridized carbons (Fsp3) is 0.500. The van der Waals surface area contributed by atoms with Crippen molar-refractivity contribution in [2.24, 2.45) is 0 Å². The quantitative estimate of drug-likeness (QED) is 0.911. The summed E-state index contributed by atoms with van der Waals surface area (Å²) in [5, 5.41) is 5.19. The number of hydrogen-bond acceptors (Lipinski definition) is 5. The maximum atomic E-state index is 12.6. The van der Waals surface area contributed by atoms with Gasteiger partial charge in [0.25, 0.3) is 0 Å². The van der Waals surface area contributed by atoms with Gasteiger partial charge >= 0.3 is 6.18 Å². The molecular weight excluding hydrogens is 291 g/mol. The van der Waals surface area contributed by atoms with Gasteiger partial charge in [-0.1, -0.05) is 6.92 Å². The van der Waals surface area contributed by atoms with Crippen LogP contribution in [0.4, 0.5) is 19.1 Å². The minimum absolute atomic E-state index is 0.0420. The molecule has 0 aromatic carbocycles. The largest absolute Gasteiger partial charge is 0.464 e. The van der Waals surface area contributed by atoms with Crippen molar-refractivity contribution in [1.29, 1.82) is 0 Å². The van der Waals surface area contributed by atoms with Crippen molar-refractivity contribution in [1.82, 2.24) is 9.97 Å². The van der Waals surface area contributed by atoms with E-state index in [4.69, 9.17) is 4.74 Å². The predicted octanol–water partition coefficient (Wildman–Crippen LogP) is 3.84. The molecule has 20 heavy (non-hydrogen) atoms. The predicted molar refractivity (Wildman–Crippen MR) is 72.3 cm³/mol. The number of ether oxygens (including phenoxy) is 1. The molecule has 0 bridgehead atoms. The molecule has 1 unspecified atom stereocenters. The minimum atomic E-state index is -4.43. The van der Waals surface area contributed by atoms with E-state index in [1.807, 2.05) is 6.92 Å². The molecule has 2 rings (SSSR count). The number of alkyl halides is 3. The van der Waals surface area contributed by atoms with E-state index in [9.17, 15) is 13.2 Å². The third-order valence-electron chi connectivity index (χ3n) is 2.57. The first-order valence-electron chi connectivity index (χ1n) is 6.14. The van der Waals surface area contributed by atoms with E-state index in [-0.39, 0.29) is 11.8 Å². The second-order valence-corrected chi connectivity index (χ2v) is 5.11. The highest BCUT2D eigenvalue weighted by Gasteiger charge is 2.38. The molecule has 2 aromatic rings. The van der Waals surface area contributed by atoms with Crippen LogP contribution in [0.3, 0.4) is 0 Å². The van der Waals surface area contributed by atoms with E-state index in [1.54, 1.807) is 11.4 Å². The van der Waals surface area contributed by atoms with E-state index in [1.165, 1.54) is 11.3 Å². The van der Waals surface area contributed by atoms with Crippen molar-refractivity contribution in [3.63, 3.8) is 0 Å². The van der Waals surface area contributed by atoms with Crippen LogP contribution >= 0.6 is 11.3 Å². The van der Waals surface area contributed by atoms with E-state index < -0.39 is 12.3 Å². The Morgan fingerprint density at radius 3 is 2.80 bits per heavy atom. The molecule has 0 saturated heterocycles. The summed E-state index contributed by atoms with van der Waals surface area (Å²) < 4.78 is 42.7. The summed E-state index contributed by atoms with van der Waals surface area (Å²) in [6.07, 6.45) is -5.48. The molecule has 8 heteroatoms. The van der Waals surface area contributed by atoms with Gasteiger partial charge in [0.2, 0.25) is 11.8 Å². The van der Waals surface area contributed by atoms with Crippen LogP contribution in [0.1, 0.15) is 20.3 Å². The van der Waals surface area contributed by atoms with Crippen LogP contribution in [0, 0.1) is 0 Å². The molecule has 0 aliphatic heterocycles. The van der Waals surface area contributed by atoms with Crippen molar-refractivity contribution in [2.75, 3.05) is 11.9 Å². The molecule has 4 nitrogen and oxygen atoms in total. The van der Waals surface area contributed by atoms with Crippen molar-refractivity contribution in [3.8, 4) is 5.88 Å². The molecule has 0 fully saturated rings. The molecule has 0 saturated carbocycles. The van der Waals surface area contributed by atoms with Gasteiger partial charge in [-0.15, -0.1) is 11.3 Å². The lowest BCUT2D eigenvalue weighted by atomic mass is 10.3. The van der Waals surface area contributed by atoms with Gasteiger partial charge in [-0.3, -0.25) is 0 Å². The number of halogens is 3. The number of nitrogens with zero attached hydrogens (tertiary/aromatic N) is 2. The Morgan fingerprint density at radius 1 is 1.40 bits per heavy atom. The zero-order valence-corrected chi connectivity index (χ0v) is 11.8. The summed E-state index contributed by atoms with van der Waals surface area (Å²) in [6, 6.07) is 1.65. The van der Waals surface area contributed by atoms with Crippen LogP contribution in [-0.2, 0) is 0 Å². The van der Waals surface area contributed by atoms with E-state index in [0.717, 1.165) is 13.3 Å². The van der Waals surface area contributed by atoms with Gasteiger partial charge < -0.3 is 10.1 Å². The second-order valence-electron chi connectivity index (χ2n) is 4.22. The van der Waals surface area contributed by atoms with Crippen LogP contribution < -0.4 is 10.1 Å². The molecule has 0 radical (unpaired) electrons. The van der Waals surface area contributed by atoms with Crippen LogP contribution in [0.2, 0.25) is 0 Å². The lowest BCUT2D eigenvalue weighted by Crippen LogP contribution is -2.31. The first-order valence-corrected chi connectivity index (χ1v) is 7.02. The van der Waals surface area contributed by atoms with Crippen molar-refractivity contribution in [3.05, 3.63) is 11.4 Å². The number of anilines is 1. The van der Waals surface area contributed by atoms with Gasteiger partial charge in [-0.25, -0.2) is 4.98 Å². The first-order chi connectivity index (χ1) is 9.41. The molecule has 2 aromatic heterocycles. The number of fused-ring (bicyclic) bond motifs is 1. The highest BCUT2D eigenvalue weighted by molar-refractivity contribution is 7.16. The molecular formula is C12H14F3N3OS. The number of aromatic nitrogens is 2. The fourth-order valence-corrected chi connectivity index (χ4v) is 2.22. The normalized spacial score (nSPS) is 13.4. The maximum absolute atomic E-state index is 12.6. The number of hydrogen-bond donors (Lipinski definition) is 1. The summed E-state index contributed by atoms with van der Waals surface area (Å²) in [6.45, 7) is 3.57. The molecule has 1 N–H and O–H groups in total. The smallest absolute Gasteiger partial charge is 0.425 e. The summed E-state index contributed by atoms with van der Waals surface area (Å²) in [5.74, 6) is 0.242. The third-order valence-corrected chi connectivity index (χ3v) is 3.38. The first kappa shape index (κ1) is 14.8. The van der Waals surface area contributed by atoms with Crippen molar-refractivity contribution < 1.29 is 17.9 Å². The highest BCUT2D eigenvalue weighted by atomic mass is 32.1. The van der Waals surface area contributed by atoms with Gasteiger partial charge in [-0.05, 0) is 24.8 Å². The average Bonchev–Trinajstić information content (AvgIpc) is 2.83. The zero-order chi connectivity index (χ0) is 14.8. The van der Waals surface area contributed by atoms with Crippen LogP contribution in [0.5, 0.6) is 5.88 Å². The van der Waals surface area contributed by atoms with Gasteiger partial charge in [0, 0.05) is 6.54 Å². The van der Waals surface area contributed by atoms with Gasteiger partial charge in [0.15, 0.2) is 6.10 Å². The number of nitrogens with one attached hydrogen (secondary N) is 1. The standard InChI is InChI=1S/C12H14F3N3OS/c1-3-5-16-11-17-9(19-7(2)12(13,14)15)8-4-6-20-10(8)18-11/h4,6-7H,3,5H2,1-2H3,(H,16,17,18). The molecule has 0 amide bonds. The third kappa shape index (κ3) is 3.30. The highest BCUT2D eigenvalue weighted by Crippen LogP contribution is 2.31. The summed E-state index contributed by atoms with van der Waals surface area (Å²) in [4.78, 5) is 8.86. The topological polar surface area (TPSA) is 47.0 Å². The van der Waals surface area contributed by atoms with Gasteiger partial charge in [0.05, 0.1) is 5.39 Å². The molecule has 1 atom stereocenters. The Kier molecular flexibility index (Phi) is 4.32. The second kappa shape index (κ2) is 5.82. The Labute approximate surface area is 118 Å². The fourth-order valence-electron chi connectivity index (χ4n) is 1.47. The summed E-state index contributed by atoms with van der Waals surface area (Å²) in [5.41, 5.74) is 0. The minimum Gasteiger partial charge on any atom is -0.464 e.